The molecule has 0 aromatic heterocycles. The minimum absolute atomic E-state index is 0.0633. The van der Waals surface area contributed by atoms with E-state index in [0.717, 1.165) is 12.0 Å². The van der Waals surface area contributed by atoms with Crippen LogP contribution in [0.3, 0.4) is 0 Å². The molecule has 0 bridgehead atoms. The van der Waals surface area contributed by atoms with E-state index in [1.165, 1.54) is 24.3 Å². The van der Waals surface area contributed by atoms with Gasteiger partial charge in [0.1, 0.15) is 17.2 Å². The van der Waals surface area contributed by atoms with Crippen molar-refractivity contribution in [2.24, 2.45) is 0 Å². The summed E-state index contributed by atoms with van der Waals surface area (Å²) in [5, 5.41) is 20.7. The Morgan fingerprint density at radius 1 is 1.00 bits per heavy atom. The summed E-state index contributed by atoms with van der Waals surface area (Å²) in [4.78, 5) is 26.3. The lowest BCUT2D eigenvalue weighted by Gasteiger charge is -2.30. The lowest BCUT2D eigenvalue weighted by molar-refractivity contribution is -0.0968. The van der Waals surface area contributed by atoms with Gasteiger partial charge in [-0.25, -0.2) is 0 Å². The fraction of sp³-hybridized carbons (Fsp3) is 0.273. The van der Waals surface area contributed by atoms with Gasteiger partial charge >= 0.3 is 0 Å². The normalized spacial score (nSPS) is 22.6. The highest BCUT2D eigenvalue weighted by Gasteiger charge is 2.39. The number of aryl methyl sites for hydroxylation is 1. The monoisotopic (exact) mass is 394 g/mol. The van der Waals surface area contributed by atoms with Gasteiger partial charge in [-0.3, -0.25) is 9.59 Å². The van der Waals surface area contributed by atoms with Crippen LogP contribution in [0.15, 0.2) is 35.9 Å². The summed E-state index contributed by atoms with van der Waals surface area (Å²) in [5.41, 5.74) is 1.24. The maximum Gasteiger partial charge on any atom is 0.225 e. The summed E-state index contributed by atoms with van der Waals surface area (Å²) in [6.07, 6.45) is 1.77. The number of phenols is 2. The third kappa shape index (κ3) is 2.66. The molecule has 1 saturated heterocycles. The first-order chi connectivity index (χ1) is 14.0. The topological polar surface area (TPSA) is 102 Å². The predicted molar refractivity (Wildman–Crippen MR) is 101 cm³/mol. The van der Waals surface area contributed by atoms with E-state index < -0.39 is 17.9 Å². The Balaban J connectivity index is 1.62. The molecule has 0 saturated carbocycles. The Labute approximate surface area is 166 Å². The number of phenolic OH excluding ortho intramolecular Hbond substituents is 2. The first-order valence-electron chi connectivity index (χ1n) is 9.34. The molecule has 3 aliphatic rings. The third-order valence-electron chi connectivity index (χ3n) is 5.48. The van der Waals surface area contributed by atoms with Crippen LogP contribution in [-0.4, -0.2) is 47.4 Å². The molecule has 2 aromatic carbocycles. The van der Waals surface area contributed by atoms with Gasteiger partial charge in [0.2, 0.25) is 12.1 Å². The van der Waals surface area contributed by atoms with Crippen LogP contribution in [0.4, 0.5) is 0 Å². The quantitative estimate of drug-likeness (QED) is 0.644. The van der Waals surface area contributed by atoms with Crippen molar-refractivity contribution in [1.29, 1.82) is 0 Å². The SMILES string of the molecule is Cc1cc(O)c2c(c1)C(=O)c1c(O)ccc(O[C@@H]3OCC[C@H]4OCC=C34)c1C2=O. The van der Waals surface area contributed by atoms with Crippen molar-refractivity contribution >= 4 is 11.6 Å². The molecular formula is C22H18O7. The number of hydrogen-bond acceptors (Lipinski definition) is 7. The third-order valence-corrected chi connectivity index (χ3v) is 5.48. The Morgan fingerprint density at radius 2 is 1.83 bits per heavy atom. The van der Waals surface area contributed by atoms with Gasteiger partial charge in [-0.05, 0) is 36.8 Å². The van der Waals surface area contributed by atoms with Gasteiger partial charge in [0.25, 0.3) is 0 Å². The van der Waals surface area contributed by atoms with E-state index in [1.807, 2.05) is 6.08 Å². The molecule has 0 amide bonds. The second kappa shape index (κ2) is 6.43. The van der Waals surface area contributed by atoms with Crippen LogP contribution < -0.4 is 4.74 Å². The summed E-state index contributed by atoms with van der Waals surface area (Å²) in [5.74, 6) is -1.60. The standard InChI is InChI=1S/C22H18O7/c1-10-8-12-17(14(24)9-10)21(26)19-16(3-2-13(23)18(19)20(12)25)29-22-11-4-6-27-15(11)5-7-28-22/h2-4,8-9,15,22-24H,5-7H2,1H3/t15-,22+/m1/s1. The van der Waals surface area contributed by atoms with Crippen LogP contribution in [0, 0.1) is 6.92 Å². The molecule has 1 aliphatic carbocycles. The lowest BCUT2D eigenvalue weighted by atomic mass is 9.82. The summed E-state index contributed by atoms with van der Waals surface area (Å²) in [7, 11) is 0. The van der Waals surface area contributed by atoms with Gasteiger partial charge in [0.05, 0.1) is 36.0 Å². The number of benzene rings is 2. The number of carbonyl (C=O) groups is 2. The molecule has 5 rings (SSSR count). The fourth-order valence-electron chi connectivity index (χ4n) is 4.15. The fourth-order valence-corrected chi connectivity index (χ4v) is 4.15. The van der Waals surface area contributed by atoms with Crippen LogP contribution in [-0.2, 0) is 9.47 Å². The molecule has 7 nitrogen and oxygen atoms in total. The van der Waals surface area contributed by atoms with Crippen molar-refractivity contribution < 1.29 is 34.0 Å². The van der Waals surface area contributed by atoms with Crippen LogP contribution in [0.2, 0.25) is 0 Å². The van der Waals surface area contributed by atoms with E-state index in [4.69, 9.17) is 14.2 Å². The van der Waals surface area contributed by atoms with Crippen molar-refractivity contribution in [3.05, 3.63) is 63.7 Å². The van der Waals surface area contributed by atoms with Crippen molar-refractivity contribution in [2.45, 2.75) is 25.7 Å². The minimum Gasteiger partial charge on any atom is -0.507 e. The first-order valence-corrected chi connectivity index (χ1v) is 9.34. The van der Waals surface area contributed by atoms with Gasteiger partial charge in [-0.2, -0.15) is 0 Å². The summed E-state index contributed by atoms with van der Waals surface area (Å²) in [6.45, 7) is 2.61. The molecular weight excluding hydrogens is 376 g/mol. The van der Waals surface area contributed by atoms with Crippen molar-refractivity contribution in [2.75, 3.05) is 13.2 Å². The molecule has 29 heavy (non-hydrogen) atoms. The van der Waals surface area contributed by atoms with Gasteiger partial charge < -0.3 is 24.4 Å². The van der Waals surface area contributed by atoms with Gasteiger partial charge in [-0.1, -0.05) is 6.08 Å². The lowest BCUT2D eigenvalue weighted by Crippen LogP contribution is -2.35. The highest BCUT2D eigenvalue weighted by molar-refractivity contribution is 6.31. The zero-order chi connectivity index (χ0) is 20.3. The Bertz CT molecular complexity index is 1100. The number of carbonyl (C=O) groups excluding carboxylic acids is 2. The minimum atomic E-state index is -0.749. The molecule has 0 radical (unpaired) electrons. The predicted octanol–water partition coefficient (Wildman–Crippen LogP) is 2.63. The van der Waals surface area contributed by atoms with E-state index in [9.17, 15) is 19.8 Å². The molecule has 0 spiro atoms. The maximum absolute atomic E-state index is 13.2. The Hall–Kier alpha value is -3.16. The summed E-state index contributed by atoms with van der Waals surface area (Å²) < 4.78 is 17.3. The van der Waals surface area contributed by atoms with E-state index in [-0.39, 0.29) is 45.6 Å². The maximum atomic E-state index is 13.2. The zero-order valence-electron chi connectivity index (χ0n) is 15.6. The number of aromatic hydroxyl groups is 2. The average Bonchev–Trinajstić information content (AvgIpc) is 3.16. The van der Waals surface area contributed by atoms with Crippen molar-refractivity contribution in [3.63, 3.8) is 0 Å². The van der Waals surface area contributed by atoms with Crippen LogP contribution in [0.5, 0.6) is 17.2 Å². The highest BCUT2D eigenvalue weighted by atomic mass is 16.7. The second-order valence-corrected chi connectivity index (χ2v) is 7.33. The van der Waals surface area contributed by atoms with Crippen LogP contribution >= 0.6 is 0 Å². The summed E-state index contributed by atoms with van der Waals surface area (Å²) >= 11 is 0. The molecule has 2 N–H and O–H groups in total. The van der Waals surface area contributed by atoms with Crippen molar-refractivity contribution in [1.82, 2.24) is 0 Å². The largest absolute Gasteiger partial charge is 0.507 e. The van der Waals surface area contributed by atoms with E-state index in [0.29, 0.717) is 18.8 Å². The number of ketones is 2. The van der Waals surface area contributed by atoms with Crippen LogP contribution in [0.25, 0.3) is 0 Å². The van der Waals surface area contributed by atoms with E-state index in [1.54, 1.807) is 6.92 Å². The molecule has 0 unspecified atom stereocenters. The zero-order valence-corrected chi connectivity index (χ0v) is 15.6. The number of ether oxygens (including phenoxy) is 3. The number of rotatable bonds is 2. The highest BCUT2D eigenvalue weighted by Crippen LogP contribution is 2.42. The van der Waals surface area contributed by atoms with Gasteiger partial charge in [0, 0.05) is 17.6 Å². The molecule has 2 heterocycles. The molecule has 7 heteroatoms. The van der Waals surface area contributed by atoms with Crippen LogP contribution in [0.1, 0.15) is 43.8 Å². The summed E-state index contributed by atoms with van der Waals surface area (Å²) in [6, 6.07) is 5.70. The Morgan fingerprint density at radius 3 is 2.66 bits per heavy atom. The average molecular weight is 394 g/mol. The van der Waals surface area contributed by atoms with E-state index in [2.05, 4.69) is 0 Å². The molecule has 2 atom stereocenters. The first kappa shape index (κ1) is 17.9. The molecule has 1 fully saturated rings. The van der Waals surface area contributed by atoms with Gasteiger partial charge in [0.15, 0.2) is 5.78 Å². The molecule has 148 valence electrons. The van der Waals surface area contributed by atoms with E-state index >= 15 is 0 Å². The second-order valence-electron chi connectivity index (χ2n) is 7.33. The molecule has 2 aliphatic heterocycles. The smallest absolute Gasteiger partial charge is 0.225 e. The number of hydrogen-bond donors (Lipinski definition) is 2. The Kier molecular flexibility index (Phi) is 3.97. The van der Waals surface area contributed by atoms with Crippen molar-refractivity contribution in [3.8, 4) is 17.2 Å². The molecule has 2 aromatic rings. The van der Waals surface area contributed by atoms with Gasteiger partial charge in [-0.15, -0.1) is 0 Å². The number of fused-ring (bicyclic) bond motifs is 3.